The van der Waals surface area contributed by atoms with Gasteiger partial charge in [-0.05, 0) is 18.5 Å². The predicted octanol–water partition coefficient (Wildman–Crippen LogP) is 2.19. The highest BCUT2D eigenvalue weighted by atomic mass is 32.4. The van der Waals surface area contributed by atoms with Crippen LogP contribution in [0.1, 0.15) is 32.1 Å². The predicted molar refractivity (Wildman–Crippen MR) is 43.9 cm³/mol. The van der Waals surface area contributed by atoms with Crippen LogP contribution in [-0.4, -0.2) is 5.66 Å². The van der Waals surface area contributed by atoms with Gasteiger partial charge in [0.25, 0.3) is 0 Å². The van der Waals surface area contributed by atoms with Gasteiger partial charge in [-0.3, -0.25) is 0 Å². The molecule has 8 heavy (non-hydrogen) atoms. The minimum Gasteiger partial charge on any atom is -0.104 e. The summed E-state index contributed by atoms with van der Waals surface area (Å²) in [6.07, 6.45) is 7.26. The van der Waals surface area contributed by atoms with Crippen LogP contribution in [0.3, 0.4) is 0 Å². The number of hydrogen-bond acceptors (Lipinski definition) is 1. The van der Waals surface area contributed by atoms with Crippen molar-refractivity contribution in [3.05, 3.63) is 0 Å². The van der Waals surface area contributed by atoms with Crippen molar-refractivity contribution in [2.24, 2.45) is 0 Å². The molecule has 1 fully saturated rings. The molecule has 0 aliphatic heterocycles. The lowest BCUT2D eigenvalue weighted by Crippen LogP contribution is -2.03. The highest BCUT2D eigenvalue weighted by Crippen LogP contribution is 2.26. The third-order valence-electron chi connectivity index (χ3n) is 1.84. The van der Waals surface area contributed by atoms with E-state index < -0.39 is 0 Å². The molecule has 0 N–H and O–H groups in total. The summed E-state index contributed by atoms with van der Waals surface area (Å²) in [4.78, 5) is 0. The highest BCUT2D eigenvalue weighted by molar-refractivity contribution is 7.96. The van der Waals surface area contributed by atoms with Crippen molar-refractivity contribution in [3.8, 4) is 0 Å². The maximum atomic E-state index is 5.06. The quantitative estimate of drug-likeness (QED) is 0.514. The molecule has 2 heteroatoms. The van der Waals surface area contributed by atoms with Gasteiger partial charge in [-0.2, -0.15) is 0 Å². The Morgan fingerprint density at radius 3 is 2.12 bits per heavy atom. The molecule has 1 aliphatic carbocycles. The molecule has 0 spiro atoms. The van der Waals surface area contributed by atoms with Gasteiger partial charge in [0.1, 0.15) is 0 Å². The van der Waals surface area contributed by atoms with Gasteiger partial charge in [-0.1, -0.05) is 26.6 Å². The molecule has 0 radical (unpaired) electrons. The lowest BCUT2D eigenvalue weighted by Gasteiger charge is -2.16. The lowest BCUT2D eigenvalue weighted by molar-refractivity contribution is 0.515. The smallest absolute Gasteiger partial charge is 0.0169 e. The first kappa shape index (κ1) is 6.77. The Hall–Kier alpha value is 0.650. The maximum absolute atomic E-state index is 5.06. The molecule has 1 rings (SSSR count). The van der Waals surface area contributed by atoms with E-state index in [1.54, 1.807) is 0 Å². The molecule has 0 nitrogen and oxygen atoms in total. The van der Waals surface area contributed by atoms with Crippen LogP contribution in [0.15, 0.2) is 0 Å². The van der Waals surface area contributed by atoms with E-state index in [4.69, 9.17) is 11.8 Å². The first-order chi connectivity index (χ1) is 3.93. The second kappa shape index (κ2) is 3.63. The molecule has 48 valence electrons. The van der Waals surface area contributed by atoms with Crippen LogP contribution in [0.4, 0.5) is 0 Å². The van der Waals surface area contributed by atoms with Crippen molar-refractivity contribution in [2.45, 2.75) is 37.8 Å². The van der Waals surface area contributed by atoms with Crippen LogP contribution in [0, 0.1) is 0 Å². The number of hydrogen-bond donors (Lipinski definition) is 0. The van der Waals surface area contributed by atoms with Gasteiger partial charge < -0.3 is 0 Å². The minimum absolute atomic E-state index is 0.371. The Morgan fingerprint density at radius 2 is 1.75 bits per heavy atom. The van der Waals surface area contributed by atoms with Gasteiger partial charge >= 0.3 is 0 Å². The summed E-state index contributed by atoms with van der Waals surface area (Å²) in [7, 11) is 0.371. The average Bonchev–Trinajstić information content (AvgIpc) is 1.90. The zero-order valence-electron chi connectivity index (χ0n) is 5.10. The standard InChI is InChI=1S/C6H13PS/c8-7-6-4-2-1-3-5-6/h6H,1-5,7H2. The summed E-state index contributed by atoms with van der Waals surface area (Å²) in [5, 5.41) is 0. The molecular weight excluding hydrogens is 135 g/mol. The first-order valence-electron chi connectivity index (χ1n) is 3.39. The van der Waals surface area contributed by atoms with Crippen molar-refractivity contribution >= 4 is 19.2 Å². The molecule has 0 amide bonds. The minimum atomic E-state index is 0.371. The largest absolute Gasteiger partial charge is 0.104 e. The summed E-state index contributed by atoms with van der Waals surface area (Å²) < 4.78 is 0. The van der Waals surface area contributed by atoms with Gasteiger partial charge in [0.05, 0.1) is 0 Å². The van der Waals surface area contributed by atoms with E-state index in [1.807, 2.05) is 0 Å². The van der Waals surface area contributed by atoms with E-state index in [0.717, 1.165) is 5.66 Å². The summed E-state index contributed by atoms with van der Waals surface area (Å²) in [6, 6.07) is 0. The highest BCUT2D eigenvalue weighted by Gasteiger charge is 2.08. The van der Waals surface area contributed by atoms with Crippen molar-refractivity contribution < 1.29 is 0 Å². The van der Waals surface area contributed by atoms with E-state index in [-0.39, 0.29) is 0 Å². The molecule has 0 heterocycles. The molecule has 1 unspecified atom stereocenters. The van der Waals surface area contributed by atoms with Crippen molar-refractivity contribution in [3.63, 3.8) is 0 Å². The fourth-order valence-electron chi connectivity index (χ4n) is 1.27. The molecule has 0 bridgehead atoms. The Bertz CT molecular complexity index is 76.6. The van der Waals surface area contributed by atoms with Gasteiger partial charge in [0.15, 0.2) is 0 Å². The third kappa shape index (κ3) is 1.87. The zero-order valence-corrected chi connectivity index (χ0v) is 7.07. The van der Waals surface area contributed by atoms with E-state index in [0.29, 0.717) is 7.36 Å². The van der Waals surface area contributed by atoms with E-state index in [1.165, 1.54) is 32.1 Å². The second-order valence-electron chi connectivity index (χ2n) is 2.53. The molecule has 1 saturated carbocycles. The zero-order chi connectivity index (χ0) is 5.82. The van der Waals surface area contributed by atoms with Crippen LogP contribution in [0.2, 0.25) is 0 Å². The third-order valence-corrected chi connectivity index (χ3v) is 4.05. The SMILES string of the molecule is S=[PH2]C1CCCCC1. The Kier molecular flexibility index (Phi) is 3.07. The average molecular weight is 148 g/mol. The molecule has 1 aliphatic rings. The van der Waals surface area contributed by atoms with Crippen LogP contribution in [0.5, 0.6) is 0 Å². The van der Waals surface area contributed by atoms with Crippen LogP contribution in [0.25, 0.3) is 0 Å². The monoisotopic (exact) mass is 148 g/mol. The lowest BCUT2D eigenvalue weighted by atomic mass is 10.0. The van der Waals surface area contributed by atoms with Crippen LogP contribution >= 0.6 is 7.36 Å². The van der Waals surface area contributed by atoms with Crippen molar-refractivity contribution in [2.75, 3.05) is 0 Å². The van der Waals surface area contributed by atoms with Crippen molar-refractivity contribution in [1.82, 2.24) is 0 Å². The van der Waals surface area contributed by atoms with Crippen molar-refractivity contribution in [1.29, 1.82) is 0 Å². The summed E-state index contributed by atoms with van der Waals surface area (Å²) in [5.74, 6) is 0. The topological polar surface area (TPSA) is 0 Å². The molecule has 0 aromatic heterocycles. The van der Waals surface area contributed by atoms with Crippen LogP contribution in [-0.2, 0) is 11.8 Å². The molecule has 0 aromatic rings. The first-order valence-corrected chi connectivity index (χ1v) is 5.94. The van der Waals surface area contributed by atoms with Gasteiger partial charge in [-0.25, -0.2) is 0 Å². The normalized spacial score (nSPS) is 25.0. The maximum Gasteiger partial charge on any atom is -0.0169 e. The van der Waals surface area contributed by atoms with E-state index in [9.17, 15) is 0 Å². The Balaban J connectivity index is 2.22. The summed E-state index contributed by atoms with van der Waals surface area (Å²) in [6.45, 7) is 0. The molecule has 0 aromatic carbocycles. The van der Waals surface area contributed by atoms with E-state index >= 15 is 0 Å². The van der Waals surface area contributed by atoms with E-state index in [2.05, 4.69) is 0 Å². The van der Waals surface area contributed by atoms with Gasteiger partial charge in [0, 0.05) is 0 Å². The van der Waals surface area contributed by atoms with Crippen LogP contribution < -0.4 is 0 Å². The molecular formula is C6H13PS. The molecule has 1 atom stereocenters. The summed E-state index contributed by atoms with van der Waals surface area (Å²) >= 11 is 5.06. The second-order valence-corrected chi connectivity index (χ2v) is 4.57. The summed E-state index contributed by atoms with van der Waals surface area (Å²) in [5.41, 5.74) is 0.985. The molecule has 0 saturated heterocycles. The fourth-order valence-corrected chi connectivity index (χ4v) is 2.83. The van der Waals surface area contributed by atoms with Gasteiger partial charge in [-0.15, -0.1) is 11.8 Å². The van der Waals surface area contributed by atoms with Gasteiger partial charge in [0.2, 0.25) is 0 Å². The fraction of sp³-hybridized carbons (Fsp3) is 1.00. The number of rotatable bonds is 1. The Morgan fingerprint density at radius 1 is 1.12 bits per heavy atom. The Labute approximate surface area is 57.5 Å².